The third-order valence-electron chi connectivity index (χ3n) is 1.91. The summed E-state index contributed by atoms with van der Waals surface area (Å²) in [5.74, 6) is -3.94. The molecule has 0 heterocycles. The van der Waals surface area contributed by atoms with Gasteiger partial charge in [-0.1, -0.05) is 15.9 Å². The summed E-state index contributed by atoms with van der Waals surface area (Å²) < 4.78 is 26.7. The maximum Gasteiger partial charge on any atom is 0.287 e. The van der Waals surface area contributed by atoms with Crippen molar-refractivity contribution in [1.82, 2.24) is 5.32 Å². The summed E-state index contributed by atoms with van der Waals surface area (Å²) in [7, 11) is 0. The van der Waals surface area contributed by atoms with Gasteiger partial charge in [0, 0.05) is 8.95 Å². The highest BCUT2D eigenvalue weighted by atomic mass is 79.9. The Balaban J connectivity index is 2.71. The standard InChI is InChI=1S/C10H9Br2F2NO2/c11-6-1-2-7(8(12)3-6)9(17)15-4-10(13,14)5-16/h1-3,16H,4-5H2,(H,15,17). The van der Waals surface area contributed by atoms with Gasteiger partial charge in [0.25, 0.3) is 11.8 Å². The zero-order valence-corrected chi connectivity index (χ0v) is 11.7. The second-order valence-electron chi connectivity index (χ2n) is 3.32. The molecule has 7 heteroatoms. The van der Waals surface area contributed by atoms with E-state index in [1.54, 1.807) is 12.1 Å². The third kappa shape index (κ3) is 4.33. The number of rotatable bonds is 4. The van der Waals surface area contributed by atoms with Crippen LogP contribution in [0.15, 0.2) is 27.1 Å². The molecule has 0 unspecified atom stereocenters. The van der Waals surface area contributed by atoms with E-state index in [1.807, 2.05) is 0 Å². The number of aliphatic hydroxyl groups excluding tert-OH is 1. The normalized spacial score (nSPS) is 11.4. The number of alkyl halides is 2. The van der Waals surface area contributed by atoms with Gasteiger partial charge < -0.3 is 10.4 Å². The largest absolute Gasteiger partial charge is 0.390 e. The van der Waals surface area contributed by atoms with E-state index in [4.69, 9.17) is 5.11 Å². The van der Waals surface area contributed by atoms with Gasteiger partial charge in [-0.25, -0.2) is 8.78 Å². The van der Waals surface area contributed by atoms with Crippen molar-refractivity contribution in [3.05, 3.63) is 32.7 Å². The molecule has 0 aromatic heterocycles. The lowest BCUT2D eigenvalue weighted by atomic mass is 10.2. The predicted octanol–water partition coefficient (Wildman–Crippen LogP) is 2.57. The number of amides is 1. The fraction of sp³-hybridized carbons (Fsp3) is 0.300. The van der Waals surface area contributed by atoms with Gasteiger partial charge in [0.1, 0.15) is 6.61 Å². The number of benzene rings is 1. The number of hydrogen-bond donors (Lipinski definition) is 2. The van der Waals surface area contributed by atoms with E-state index >= 15 is 0 Å². The first kappa shape index (κ1) is 14.5. The van der Waals surface area contributed by atoms with Crippen molar-refractivity contribution in [2.75, 3.05) is 13.2 Å². The van der Waals surface area contributed by atoms with E-state index in [1.165, 1.54) is 6.07 Å². The molecule has 1 rings (SSSR count). The molecule has 0 bridgehead atoms. The van der Waals surface area contributed by atoms with Crippen LogP contribution in [0.5, 0.6) is 0 Å². The first-order valence-corrected chi connectivity index (χ1v) is 6.16. The summed E-state index contributed by atoms with van der Waals surface area (Å²) in [6, 6.07) is 4.77. The number of carbonyl (C=O) groups excluding carboxylic acids is 1. The van der Waals surface area contributed by atoms with Gasteiger partial charge in [-0.3, -0.25) is 4.79 Å². The molecule has 2 N–H and O–H groups in total. The molecule has 0 aliphatic rings. The quantitative estimate of drug-likeness (QED) is 0.853. The zero-order chi connectivity index (χ0) is 13.1. The fourth-order valence-corrected chi connectivity index (χ4v) is 2.26. The average Bonchev–Trinajstić information content (AvgIpc) is 2.26. The van der Waals surface area contributed by atoms with E-state index < -0.39 is 25.0 Å². The van der Waals surface area contributed by atoms with Gasteiger partial charge in [0.05, 0.1) is 12.1 Å². The van der Waals surface area contributed by atoms with Crippen LogP contribution in [-0.2, 0) is 0 Å². The van der Waals surface area contributed by atoms with Crippen LogP contribution >= 0.6 is 31.9 Å². The van der Waals surface area contributed by atoms with Crippen LogP contribution in [0.3, 0.4) is 0 Å². The second kappa shape index (κ2) is 5.88. The molecule has 94 valence electrons. The predicted molar refractivity (Wildman–Crippen MR) is 66.2 cm³/mol. The molecule has 1 aromatic rings. The van der Waals surface area contributed by atoms with Crippen LogP contribution in [0, 0.1) is 0 Å². The summed E-state index contributed by atoms with van der Waals surface area (Å²) in [6.07, 6.45) is 0. The van der Waals surface area contributed by atoms with E-state index in [-0.39, 0.29) is 5.56 Å². The van der Waals surface area contributed by atoms with E-state index in [9.17, 15) is 13.6 Å². The Kier molecular flexibility index (Phi) is 5.03. The van der Waals surface area contributed by atoms with E-state index in [2.05, 4.69) is 37.2 Å². The maximum atomic E-state index is 12.7. The Bertz CT molecular complexity index is 427. The highest BCUT2D eigenvalue weighted by molar-refractivity contribution is 9.11. The van der Waals surface area contributed by atoms with Crippen molar-refractivity contribution in [1.29, 1.82) is 0 Å². The lowest BCUT2D eigenvalue weighted by Gasteiger charge is -2.14. The molecule has 0 aliphatic heterocycles. The van der Waals surface area contributed by atoms with Gasteiger partial charge in [-0.2, -0.15) is 0 Å². The average molecular weight is 373 g/mol. The molecule has 0 radical (unpaired) electrons. The van der Waals surface area contributed by atoms with Crippen molar-refractivity contribution in [2.24, 2.45) is 0 Å². The Morgan fingerprint density at radius 3 is 2.59 bits per heavy atom. The Hall–Kier alpha value is -0.530. The molecule has 1 aromatic carbocycles. The lowest BCUT2D eigenvalue weighted by Crippen LogP contribution is -2.39. The lowest BCUT2D eigenvalue weighted by molar-refractivity contribution is -0.0462. The van der Waals surface area contributed by atoms with Crippen molar-refractivity contribution in [2.45, 2.75) is 5.92 Å². The van der Waals surface area contributed by atoms with Crippen molar-refractivity contribution in [3.63, 3.8) is 0 Å². The number of carbonyl (C=O) groups is 1. The van der Waals surface area contributed by atoms with Crippen molar-refractivity contribution in [3.8, 4) is 0 Å². The molecule has 3 nitrogen and oxygen atoms in total. The summed E-state index contributed by atoms with van der Waals surface area (Å²) in [4.78, 5) is 11.6. The van der Waals surface area contributed by atoms with Crippen LogP contribution in [0.4, 0.5) is 8.78 Å². The molecule has 0 saturated carbocycles. The monoisotopic (exact) mass is 371 g/mol. The molecule has 1 amide bonds. The Morgan fingerprint density at radius 2 is 2.06 bits per heavy atom. The number of hydrogen-bond acceptors (Lipinski definition) is 2. The number of nitrogens with one attached hydrogen (secondary N) is 1. The minimum atomic E-state index is -3.31. The molecular weight excluding hydrogens is 364 g/mol. The summed E-state index contributed by atoms with van der Waals surface area (Å²) >= 11 is 6.37. The minimum absolute atomic E-state index is 0.252. The minimum Gasteiger partial charge on any atom is -0.390 e. The van der Waals surface area contributed by atoms with Gasteiger partial charge in [0.2, 0.25) is 0 Å². The summed E-state index contributed by atoms with van der Waals surface area (Å²) in [6.45, 7) is -2.19. The van der Waals surface area contributed by atoms with Crippen molar-refractivity contribution < 1.29 is 18.7 Å². The molecule has 17 heavy (non-hydrogen) atoms. The smallest absolute Gasteiger partial charge is 0.287 e. The fourth-order valence-electron chi connectivity index (χ4n) is 1.03. The number of halogens is 4. The Morgan fingerprint density at radius 1 is 1.41 bits per heavy atom. The SMILES string of the molecule is O=C(NCC(F)(F)CO)c1ccc(Br)cc1Br. The van der Waals surface area contributed by atoms with Gasteiger partial charge in [-0.05, 0) is 34.1 Å². The highest BCUT2D eigenvalue weighted by Crippen LogP contribution is 2.22. The van der Waals surface area contributed by atoms with Gasteiger partial charge in [0.15, 0.2) is 0 Å². The topological polar surface area (TPSA) is 49.3 Å². The van der Waals surface area contributed by atoms with Gasteiger partial charge in [-0.15, -0.1) is 0 Å². The summed E-state index contributed by atoms with van der Waals surface area (Å²) in [5, 5.41) is 10.4. The first-order chi connectivity index (χ1) is 7.85. The van der Waals surface area contributed by atoms with E-state index in [0.717, 1.165) is 4.47 Å². The summed E-state index contributed by atoms with van der Waals surface area (Å²) in [5.41, 5.74) is 0.252. The third-order valence-corrected chi connectivity index (χ3v) is 3.06. The Labute approximate surface area is 113 Å². The molecule has 0 saturated heterocycles. The van der Waals surface area contributed by atoms with Crippen LogP contribution in [0.2, 0.25) is 0 Å². The molecule has 0 aliphatic carbocycles. The van der Waals surface area contributed by atoms with E-state index in [0.29, 0.717) is 4.47 Å². The molecule has 0 atom stereocenters. The van der Waals surface area contributed by atoms with Crippen LogP contribution in [0.25, 0.3) is 0 Å². The van der Waals surface area contributed by atoms with Crippen LogP contribution in [-0.4, -0.2) is 30.1 Å². The molecule has 0 spiro atoms. The second-order valence-corrected chi connectivity index (χ2v) is 5.09. The van der Waals surface area contributed by atoms with Crippen molar-refractivity contribution >= 4 is 37.8 Å². The number of aliphatic hydroxyl groups is 1. The highest BCUT2D eigenvalue weighted by Gasteiger charge is 2.28. The first-order valence-electron chi connectivity index (χ1n) is 4.57. The molecular formula is C10H9Br2F2NO2. The van der Waals surface area contributed by atoms with Crippen LogP contribution < -0.4 is 5.32 Å². The van der Waals surface area contributed by atoms with Gasteiger partial charge >= 0.3 is 0 Å². The van der Waals surface area contributed by atoms with Crippen LogP contribution in [0.1, 0.15) is 10.4 Å². The zero-order valence-electron chi connectivity index (χ0n) is 8.51. The molecule has 0 fully saturated rings. The maximum absolute atomic E-state index is 12.7.